The van der Waals surface area contributed by atoms with Gasteiger partial charge in [-0.05, 0) is 30.7 Å². The Hall–Kier alpha value is -3.64. The first-order valence-electron chi connectivity index (χ1n) is 11.1. The number of hydrogen-bond donors (Lipinski definition) is 1. The van der Waals surface area contributed by atoms with Crippen LogP contribution in [-0.2, 0) is 14.8 Å². The largest absolute Gasteiger partial charge is 0.485 e. The van der Waals surface area contributed by atoms with Crippen molar-refractivity contribution >= 4 is 27.1 Å². The maximum absolute atomic E-state index is 12.6. The van der Waals surface area contributed by atoms with Gasteiger partial charge in [0.25, 0.3) is 10.0 Å². The summed E-state index contributed by atoms with van der Waals surface area (Å²) < 4.78 is 49.6. The van der Waals surface area contributed by atoms with Gasteiger partial charge in [-0.25, -0.2) is 22.9 Å². The van der Waals surface area contributed by atoms with Crippen LogP contribution in [0.5, 0.6) is 17.4 Å². The molecule has 12 heteroatoms. The highest BCUT2D eigenvalue weighted by Crippen LogP contribution is 2.32. The number of amides is 1. The van der Waals surface area contributed by atoms with Crippen LogP contribution in [0.1, 0.15) is 18.1 Å². The van der Waals surface area contributed by atoms with E-state index in [0.717, 1.165) is 5.56 Å². The molecule has 0 bridgehead atoms. The SMILES string of the molecule is COc1ccc2nccc(C3CN(CCCNS(=O)(=O)C4COc5ccccc5O4)C(=O)O3)c2n1. The van der Waals surface area contributed by atoms with Gasteiger partial charge in [-0.3, -0.25) is 4.98 Å². The lowest BCUT2D eigenvalue weighted by atomic mass is 10.1. The molecule has 0 spiro atoms. The number of hydrogen-bond acceptors (Lipinski definition) is 9. The van der Waals surface area contributed by atoms with Crippen LogP contribution < -0.4 is 18.9 Å². The number of para-hydroxylation sites is 2. The zero-order chi connectivity index (χ0) is 24.4. The van der Waals surface area contributed by atoms with Crippen LogP contribution in [-0.4, -0.2) is 68.2 Å². The molecule has 11 nitrogen and oxygen atoms in total. The first-order valence-corrected chi connectivity index (χ1v) is 12.6. The van der Waals surface area contributed by atoms with Crippen molar-refractivity contribution in [3.63, 3.8) is 0 Å². The Kier molecular flexibility index (Phi) is 6.31. The number of nitrogens with zero attached hydrogens (tertiary/aromatic N) is 3. The van der Waals surface area contributed by atoms with Crippen molar-refractivity contribution in [2.75, 3.05) is 33.4 Å². The molecular formula is C23H24N4O7S. The van der Waals surface area contributed by atoms with E-state index >= 15 is 0 Å². The van der Waals surface area contributed by atoms with Crippen molar-refractivity contribution in [3.8, 4) is 17.4 Å². The molecule has 184 valence electrons. The van der Waals surface area contributed by atoms with Crippen molar-refractivity contribution in [1.82, 2.24) is 19.6 Å². The van der Waals surface area contributed by atoms with Crippen LogP contribution in [0.4, 0.5) is 4.79 Å². The predicted molar refractivity (Wildman–Crippen MR) is 125 cm³/mol. The van der Waals surface area contributed by atoms with E-state index in [1.807, 2.05) is 0 Å². The number of nitrogens with one attached hydrogen (secondary N) is 1. The van der Waals surface area contributed by atoms with E-state index in [2.05, 4.69) is 14.7 Å². The topological polar surface area (TPSA) is 129 Å². The standard InChI is InChI=1S/C23H24N4O7S/c1-31-20-8-7-16-22(26-20)15(9-11-24-16)19-13-27(23(28)34-19)12-4-10-25-35(29,30)21-14-32-17-5-2-3-6-18(17)33-21/h2-3,5-9,11,19,21,25H,4,10,12-14H2,1H3. The number of pyridine rings is 2. The molecule has 0 radical (unpaired) electrons. The third-order valence-corrected chi connectivity index (χ3v) is 7.30. The number of fused-ring (bicyclic) bond motifs is 2. The van der Waals surface area contributed by atoms with Crippen molar-refractivity contribution in [2.24, 2.45) is 0 Å². The summed E-state index contributed by atoms with van der Waals surface area (Å²) in [7, 11) is -2.25. The number of cyclic esters (lactones) is 1. The molecule has 2 unspecified atom stereocenters. The summed E-state index contributed by atoms with van der Waals surface area (Å²) in [6.07, 6.45) is 1.06. The number of methoxy groups -OCH3 is 1. The lowest BCUT2D eigenvalue weighted by molar-refractivity contribution is 0.133. The average molecular weight is 501 g/mol. The van der Waals surface area contributed by atoms with Crippen LogP contribution in [0.3, 0.4) is 0 Å². The van der Waals surface area contributed by atoms with E-state index in [4.69, 9.17) is 18.9 Å². The maximum atomic E-state index is 12.6. The second kappa shape index (κ2) is 9.55. The first-order chi connectivity index (χ1) is 16.9. The molecule has 0 saturated carbocycles. The lowest BCUT2D eigenvalue weighted by Gasteiger charge is -2.26. The highest BCUT2D eigenvalue weighted by molar-refractivity contribution is 7.90. The minimum atomic E-state index is -3.78. The minimum Gasteiger partial charge on any atom is -0.485 e. The molecule has 1 N–H and O–H groups in total. The van der Waals surface area contributed by atoms with Crippen LogP contribution in [0.2, 0.25) is 0 Å². The molecule has 1 saturated heterocycles. The highest BCUT2D eigenvalue weighted by atomic mass is 32.2. The number of rotatable bonds is 8. The summed E-state index contributed by atoms with van der Waals surface area (Å²) in [6, 6.07) is 12.2. The van der Waals surface area contributed by atoms with Crippen LogP contribution in [0.15, 0.2) is 48.7 Å². The van der Waals surface area contributed by atoms with Gasteiger partial charge in [0.05, 0.1) is 24.7 Å². The predicted octanol–water partition coefficient (Wildman–Crippen LogP) is 2.24. The molecule has 2 aliphatic rings. The Labute approximate surface area is 202 Å². The van der Waals surface area contributed by atoms with Crippen molar-refractivity contribution in [3.05, 3.63) is 54.2 Å². The van der Waals surface area contributed by atoms with Crippen molar-refractivity contribution in [2.45, 2.75) is 18.0 Å². The number of sulfonamides is 1. The van der Waals surface area contributed by atoms with Gasteiger partial charge in [0.1, 0.15) is 12.7 Å². The van der Waals surface area contributed by atoms with E-state index in [1.54, 1.807) is 53.6 Å². The number of ether oxygens (including phenoxy) is 4. The highest BCUT2D eigenvalue weighted by Gasteiger charge is 2.34. The van der Waals surface area contributed by atoms with Gasteiger partial charge in [0, 0.05) is 30.9 Å². The molecule has 5 rings (SSSR count). The fourth-order valence-electron chi connectivity index (χ4n) is 3.98. The average Bonchev–Trinajstić information content (AvgIpc) is 3.25. The van der Waals surface area contributed by atoms with Gasteiger partial charge >= 0.3 is 6.09 Å². The van der Waals surface area contributed by atoms with Gasteiger partial charge in [-0.1, -0.05) is 12.1 Å². The zero-order valence-corrected chi connectivity index (χ0v) is 19.7. The van der Waals surface area contributed by atoms with E-state index in [0.29, 0.717) is 47.9 Å². The molecule has 1 fully saturated rings. The second-order valence-corrected chi connectivity index (χ2v) is 9.94. The van der Waals surface area contributed by atoms with E-state index in [9.17, 15) is 13.2 Å². The van der Waals surface area contributed by atoms with Crippen LogP contribution in [0.25, 0.3) is 11.0 Å². The van der Waals surface area contributed by atoms with Crippen molar-refractivity contribution < 1.29 is 32.2 Å². The number of carbonyl (C=O) groups excluding carboxylic acids is 1. The van der Waals surface area contributed by atoms with E-state index in [1.165, 1.54) is 7.11 Å². The number of aromatic nitrogens is 2. The molecule has 1 amide bonds. The third kappa shape index (κ3) is 4.80. The molecule has 1 aromatic carbocycles. The van der Waals surface area contributed by atoms with Gasteiger partial charge < -0.3 is 23.8 Å². The quantitative estimate of drug-likeness (QED) is 0.463. The van der Waals surface area contributed by atoms with Crippen LogP contribution >= 0.6 is 0 Å². The third-order valence-electron chi connectivity index (χ3n) is 5.77. The summed E-state index contributed by atoms with van der Waals surface area (Å²) in [6.45, 7) is 0.669. The molecule has 2 aromatic heterocycles. The Morgan fingerprint density at radius 3 is 2.80 bits per heavy atom. The van der Waals surface area contributed by atoms with E-state index < -0.39 is 27.7 Å². The van der Waals surface area contributed by atoms with E-state index in [-0.39, 0.29) is 13.2 Å². The fraction of sp³-hybridized carbons (Fsp3) is 0.348. The minimum absolute atomic E-state index is 0.106. The molecule has 2 aliphatic heterocycles. The van der Waals surface area contributed by atoms with Gasteiger partial charge in [-0.2, -0.15) is 0 Å². The smallest absolute Gasteiger partial charge is 0.410 e. The Morgan fingerprint density at radius 2 is 1.97 bits per heavy atom. The van der Waals surface area contributed by atoms with Gasteiger partial charge in [-0.15, -0.1) is 0 Å². The maximum Gasteiger partial charge on any atom is 0.410 e. The summed E-state index contributed by atoms with van der Waals surface area (Å²) in [4.78, 5) is 22.7. The molecule has 35 heavy (non-hydrogen) atoms. The number of benzene rings is 1. The van der Waals surface area contributed by atoms with Crippen molar-refractivity contribution in [1.29, 1.82) is 0 Å². The Bertz CT molecular complexity index is 1350. The summed E-state index contributed by atoms with van der Waals surface area (Å²) in [5.74, 6) is 1.34. The molecule has 0 aliphatic carbocycles. The molecule has 4 heterocycles. The number of carbonyl (C=O) groups is 1. The molecular weight excluding hydrogens is 476 g/mol. The lowest BCUT2D eigenvalue weighted by Crippen LogP contribution is -2.44. The van der Waals surface area contributed by atoms with Crippen LogP contribution in [0, 0.1) is 0 Å². The normalized spacial score (nSPS) is 19.6. The zero-order valence-electron chi connectivity index (χ0n) is 18.9. The molecule has 3 aromatic rings. The van der Waals surface area contributed by atoms with Gasteiger partial charge in [0.15, 0.2) is 11.5 Å². The summed E-state index contributed by atoms with van der Waals surface area (Å²) in [5, 5.41) is 0. The summed E-state index contributed by atoms with van der Waals surface area (Å²) >= 11 is 0. The second-order valence-electron chi connectivity index (χ2n) is 8.04. The first kappa shape index (κ1) is 23.1. The monoisotopic (exact) mass is 500 g/mol. The van der Waals surface area contributed by atoms with Gasteiger partial charge in [0.2, 0.25) is 11.3 Å². The Morgan fingerprint density at radius 1 is 1.14 bits per heavy atom. The Balaban J connectivity index is 1.16. The molecule has 2 atom stereocenters. The summed E-state index contributed by atoms with van der Waals surface area (Å²) in [5.41, 5.74) is 0.863. The fourth-order valence-corrected chi connectivity index (χ4v) is 5.08.